The first kappa shape index (κ1) is 23.0. The number of amides is 1. The SMILES string of the molecule is CCN(CC)C(=O)CSc1nnc(SCc2ccc(OCc3ccccn3)cc2)n1N. The van der Waals surface area contributed by atoms with Gasteiger partial charge in [-0.1, -0.05) is 41.7 Å². The predicted molar refractivity (Wildman–Crippen MR) is 123 cm³/mol. The average molecular weight is 459 g/mol. The van der Waals surface area contributed by atoms with Crippen molar-refractivity contribution in [3.63, 3.8) is 0 Å². The summed E-state index contributed by atoms with van der Waals surface area (Å²) in [6.07, 6.45) is 1.75. The summed E-state index contributed by atoms with van der Waals surface area (Å²) in [7, 11) is 0. The molecule has 0 radical (unpaired) electrons. The lowest BCUT2D eigenvalue weighted by Gasteiger charge is -2.17. The summed E-state index contributed by atoms with van der Waals surface area (Å²) in [5.41, 5.74) is 2.00. The minimum atomic E-state index is 0.0672. The molecule has 0 aliphatic rings. The zero-order valence-corrected chi connectivity index (χ0v) is 19.2. The second-order valence-electron chi connectivity index (χ2n) is 6.53. The number of ether oxygens (including phenoxy) is 1. The summed E-state index contributed by atoms with van der Waals surface area (Å²) in [5, 5.41) is 9.39. The van der Waals surface area contributed by atoms with Crippen molar-refractivity contribution in [3.8, 4) is 5.75 Å². The molecule has 0 atom stereocenters. The van der Waals surface area contributed by atoms with Crippen LogP contribution in [-0.2, 0) is 17.2 Å². The van der Waals surface area contributed by atoms with Crippen molar-refractivity contribution >= 4 is 29.4 Å². The topological polar surface area (TPSA) is 99.2 Å². The van der Waals surface area contributed by atoms with E-state index in [0.29, 0.717) is 41.5 Å². The van der Waals surface area contributed by atoms with Gasteiger partial charge < -0.3 is 15.5 Å². The Bertz CT molecular complexity index is 962. The lowest BCUT2D eigenvalue weighted by molar-refractivity contribution is -0.127. The Kier molecular flexibility index (Phi) is 8.60. The maximum absolute atomic E-state index is 12.2. The lowest BCUT2D eigenvalue weighted by Crippen LogP contribution is -2.32. The van der Waals surface area contributed by atoms with Crippen LogP contribution in [0.2, 0.25) is 0 Å². The number of benzene rings is 1. The molecule has 2 N–H and O–H groups in total. The second-order valence-corrected chi connectivity index (χ2v) is 8.42. The molecule has 1 amide bonds. The van der Waals surface area contributed by atoms with E-state index in [1.165, 1.54) is 28.2 Å². The standard InChI is InChI=1S/C21H26N6O2S2/c1-3-26(4-2)19(28)15-31-21-25-24-20(27(21)22)30-14-16-8-10-18(11-9-16)29-13-17-7-5-6-12-23-17/h5-12H,3-4,13-15,22H2,1-2H3. The highest BCUT2D eigenvalue weighted by Crippen LogP contribution is 2.25. The number of hydrogen-bond donors (Lipinski definition) is 1. The van der Waals surface area contributed by atoms with E-state index in [1.54, 1.807) is 11.1 Å². The Morgan fingerprint density at radius 3 is 2.42 bits per heavy atom. The van der Waals surface area contributed by atoms with Gasteiger partial charge >= 0.3 is 0 Å². The van der Waals surface area contributed by atoms with Crippen LogP contribution >= 0.6 is 23.5 Å². The number of carbonyl (C=O) groups is 1. The summed E-state index contributed by atoms with van der Waals surface area (Å²) in [5.74, 6) is 7.96. The fraction of sp³-hybridized carbons (Fsp3) is 0.333. The molecule has 0 aliphatic carbocycles. The molecule has 0 fully saturated rings. The number of nitrogens with zero attached hydrogens (tertiary/aromatic N) is 5. The Labute approximate surface area is 190 Å². The normalized spacial score (nSPS) is 10.8. The van der Waals surface area contributed by atoms with Crippen molar-refractivity contribution in [2.75, 3.05) is 24.7 Å². The largest absolute Gasteiger partial charge is 0.487 e. The van der Waals surface area contributed by atoms with Gasteiger partial charge in [0, 0.05) is 25.0 Å². The third kappa shape index (κ3) is 6.63. The van der Waals surface area contributed by atoms with E-state index in [2.05, 4.69) is 15.2 Å². The molecule has 2 heterocycles. The molecular formula is C21H26N6O2S2. The number of carbonyl (C=O) groups excluding carboxylic acids is 1. The first-order valence-electron chi connectivity index (χ1n) is 9.96. The number of thioether (sulfide) groups is 2. The summed E-state index contributed by atoms with van der Waals surface area (Å²) in [4.78, 5) is 18.2. The van der Waals surface area contributed by atoms with E-state index in [4.69, 9.17) is 10.6 Å². The molecule has 0 unspecified atom stereocenters. The van der Waals surface area contributed by atoms with Gasteiger partial charge in [0.2, 0.25) is 16.2 Å². The van der Waals surface area contributed by atoms with Crippen LogP contribution in [0.4, 0.5) is 0 Å². The van der Waals surface area contributed by atoms with Crippen molar-refractivity contribution in [1.82, 2.24) is 24.8 Å². The van der Waals surface area contributed by atoms with Gasteiger partial charge in [0.25, 0.3) is 0 Å². The second kappa shape index (κ2) is 11.6. The van der Waals surface area contributed by atoms with Crippen LogP contribution in [0.25, 0.3) is 0 Å². The minimum Gasteiger partial charge on any atom is -0.487 e. The average Bonchev–Trinajstić information content (AvgIpc) is 3.16. The van der Waals surface area contributed by atoms with Gasteiger partial charge in [0.15, 0.2) is 0 Å². The number of pyridine rings is 1. The highest BCUT2D eigenvalue weighted by molar-refractivity contribution is 8.00. The molecule has 10 heteroatoms. The fourth-order valence-electron chi connectivity index (χ4n) is 2.73. The first-order valence-corrected chi connectivity index (χ1v) is 11.9. The zero-order valence-electron chi connectivity index (χ0n) is 17.6. The smallest absolute Gasteiger partial charge is 0.233 e. The molecule has 2 aromatic heterocycles. The quantitative estimate of drug-likeness (QED) is 0.345. The van der Waals surface area contributed by atoms with Crippen LogP contribution in [0.3, 0.4) is 0 Å². The van der Waals surface area contributed by atoms with Crippen LogP contribution in [0.1, 0.15) is 25.1 Å². The van der Waals surface area contributed by atoms with Crippen LogP contribution in [-0.4, -0.2) is 49.5 Å². The highest BCUT2D eigenvalue weighted by atomic mass is 32.2. The minimum absolute atomic E-state index is 0.0672. The molecule has 0 spiro atoms. The lowest BCUT2D eigenvalue weighted by atomic mass is 10.2. The Balaban J connectivity index is 1.48. The third-order valence-electron chi connectivity index (χ3n) is 4.48. The van der Waals surface area contributed by atoms with Gasteiger partial charge in [-0.15, -0.1) is 10.2 Å². The number of rotatable bonds is 11. The van der Waals surface area contributed by atoms with Crippen LogP contribution in [0.15, 0.2) is 59.0 Å². The molecule has 3 aromatic rings. The van der Waals surface area contributed by atoms with Gasteiger partial charge in [-0.05, 0) is 43.7 Å². The van der Waals surface area contributed by atoms with E-state index in [9.17, 15) is 4.79 Å². The molecule has 8 nitrogen and oxygen atoms in total. The van der Waals surface area contributed by atoms with E-state index in [-0.39, 0.29) is 5.91 Å². The summed E-state index contributed by atoms with van der Waals surface area (Å²) in [6.45, 7) is 5.75. The summed E-state index contributed by atoms with van der Waals surface area (Å²) >= 11 is 2.79. The Hall–Kier alpha value is -2.72. The first-order chi connectivity index (χ1) is 15.1. The molecule has 3 rings (SSSR count). The van der Waals surface area contributed by atoms with Crippen LogP contribution in [0, 0.1) is 0 Å². The molecule has 164 valence electrons. The Morgan fingerprint density at radius 2 is 1.77 bits per heavy atom. The molecule has 0 saturated carbocycles. The van der Waals surface area contributed by atoms with E-state index in [0.717, 1.165) is 17.0 Å². The number of hydrogen-bond acceptors (Lipinski definition) is 8. The number of nitrogen functional groups attached to an aromatic ring is 1. The van der Waals surface area contributed by atoms with Crippen molar-refractivity contribution in [3.05, 3.63) is 59.9 Å². The van der Waals surface area contributed by atoms with Gasteiger partial charge in [-0.3, -0.25) is 9.78 Å². The van der Waals surface area contributed by atoms with E-state index >= 15 is 0 Å². The van der Waals surface area contributed by atoms with Gasteiger partial charge in [-0.25, -0.2) is 4.68 Å². The van der Waals surface area contributed by atoms with Crippen molar-refractivity contribution < 1.29 is 9.53 Å². The zero-order chi connectivity index (χ0) is 22.1. The molecule has 1 aromatic carbocycles. The monoisotopic (exact) mass is 458 g/mol. The maximum atomic E-state index is 12.2. The molecule has 0 saturated heterocycles. The third-order valence-corrected chi connectivity index (χ3v) is 6.42. The van der Waals surface area contributed by atoms with E-state index < -0.39 is 0 Å². The summed E-state index contributed by atoms with van der Waals surface area (Å²) < 4.78 is 7.20. The Morgan fingerprint density at radius 1 is 1.06 bits per heavy atom. The molecular weight excluding hydrogens is 432 g/mol. The highest BCUT2D eigenvalue weighted by Gasteiger charge is 2.15. The van der Waals surface area contributed by atoms with Crippen LogP contribution < -0.4 is 10.6 Å². The summed E-state index contributed by atoms with van der Waals surface area (Å²) in [6, 6.07) is 13.6. The van der Waals surface area contributed by atoms with Gasteiger partial charge in [0.05, 0.1) is 11.4 Å². The maximum Gasteiger partial charge on any atom is 0.233 e. The van der Waals surface area contributed by atoms with Crippen molar-refractivity contribution in [2.24, 2.45) is 0 Å². The predicted octanol–water partition coefficient (Wildman–Crippen LogP) is 3.22. The molecule has 31 heavy (non-hydrogen) atoms. The fourth-order valence-corrected chi connectivity index (χ4v) is 4.35. The number of aromatic nitrogens is 4. The van der Waals surface area contributed by atoms with Crippen LogP contribution in [0.5, 0.6) is 5.75 Å². The number of nitrogens with two attached hydrogens (primary N) is 1. The van der Waals surface area contributed by atoms with E-state index in [1.807, 2.05) is 56.3 Å². The van der Waals surface area contributed by atoms with Gasteiger partial charge in [0.1, 0.15) is 12.4 Å². The van der Waals surface area contributed by atoms with Crippen molar-refractivity contribution in [2.45, 2.75) is 36.5 Å². The van der Waals surface area contributed by atoms with Crippen molar-refractivity contribution in [1.29, 1.82) is 0 Å². The van der Waals surface area contributed by atoms with Gasteiger partial charge in [-0.2, -0.15) is 0 Å². The molecule has 0 aliphatic heterocycles. The molecule has 0 bridgehead atoms.